The van der Waals surface area contributed by atoms with E-state index in [9.17, 15) is 9.59 Å². The molecule has 1 aliphatic rings. The van der Waals surface area contributed by atoms with Crippen molar-refractivity contribution < 1.29 is 14.3 Å². The monoisotopic (exact) mass is 318 g/mol. The summed E-state index contributed by atoms with van der Waals surface area (Å²) in [5, 5.41) is 0. The number of ether oxygens (including phenoxy) is 1. The first-order valence-corrected chi connectivity index (χ1v) is 7.99. The van der Waals surface area contributed by atoms with E-state index in [0.29, 0.717) is 31.5 Å². The van der Waals surface area contributed by atoms with Crippen LogP contribution in [0.1, 0.15) is 56.5 Å². The molecule has 1 aromatic carbocycles. The quantitative estimate of drug-likeness (QED) is 0.851. The maximum Gasteiger partial charge on any atom is 0.410 e. The van der Waals surface area contributed by atoms with Crippen LogP contribution in [0.4, 0.5) is 4.79 Å². The lowest BCUT2D eigenvalue weighted by Crippen LogP contribution is -2.50. The molecule has 1 aliphatic heterocycles. The van der Waals surface area contributed by atoms with Gasteiger partial charge >= 0.3 is 6.09 Å². The molecule has 1 fully saturated rings. The smallest absolute Gasteiger partial charge is 0.410 e. The summed E-state index contributed by atoms with van der Waals surface area (Å²) in [6, 6.07) is 7.46. The largest absolute Gasteiger partial charge is 0.444 e. The van der Waals surface area contributed by atoms with E-state index in [1.165, 1.54) is 0 Å². The maximum absolute atomic E-state index is 12.1. The molecule has 0 spiro atoms. The van der Waals surface area contributed by atoms with Gasteiger partial charge in [0.2, 0.25) is 0 Å². The zero-order valence-corrected chi connectivity index (χ0v) is 14.4. The molecule has 1 heterocycles. The number of piperidine rings is 1. The number of nitrogens with zero attached hydrogens (tertiary/aromatic N) is 1. The highest BCUT2D eigenvalue weighted by atomic mass is 16.6. The van der Waals surface area contributed by atoms with Crippen LogP contribution in [0.15, 0.2) is 24.3 Å². The molecule has 0 aliphatic carbocycles. The summed E-state index contributed by atoms with van der Waals surface area (Å²) in [7, 11) is 0. The van der Waals surface area contributed by atoms with Gasteiger partial charge in [-0.05, 0) is 46.1 Å². The summed E-state index contributed by atoms with van der Waals surface area (Å²) in [5.41, 5.74) is 7.27. The number of hydrogen-bond acceptors (Lipinski definition) is 4. The summed E-state index contributed by atoms with van der Waals surface area (Å²) >= 11 is 0. The third-order valence-corrected chi connectivity index (χ3v) is 4.17. The van der Waals surface area contributed by atoms with Gasteiger partial charge in [0, 0.05) is 24.2 Å². The molecule has 23 heavy (non-hydrogen) atoms. The molecule has 0 aromatic heterocycles. The summed E-state index contributed by atoms with van der Waals surface area (Å²) in [5.74, 6) is 0.0439. The normalized spacial score (nSPS) is 17.7. The van der Waals surface area contributed by atoms with Crippen LogP contribution in [-0.2, 0) is 10.3 Å². The number of rotatable bonds is 2. The van der Waals surface area contributed by atoms with E-state index in [2.05, 4.69) is 0 Å². The Bertz CT molecular complexity index is 579. The number of carbonyl (C=O) groups excluding carboxylic acids is 2. The molecule has 1 aromatic rings. The summed E-state index contributed by atoms with van der Waals surface area (Å²) < 4.78 is 5.40. The minimum Gasteiger partial charge on any atom is -0.444 e. The number of nitrogens with two attached hydrogens (primary N) is 1. The fraction of sp³-hybridized carbons (Fsp3) is 0.556. The predicted molar refractivity (Wildman–Crippen MR) is 89.4 cm³/mol. The second-order valence-electron chi connectivity index (χ2n) is 7.26. The third kappa shape index (κ3) is 4.32. The summed E-state index contributed by atoms with van der Waals surface area (Å²) in [6.07, 6.45) is 1.06. The molecule has 126 valence electrons. The Kier molecular flexibility index (Phi) is 4.80. The van der Waals surface area contributed by atoms with Crippen LogP contribution >= 0.6 is 0 Å². The topological polar surface area (TPSA) is 72.6 Å². The molecule has 2 N–H and O–H groups in total. The molecule has 0 radical (unpaired) electrons. The lowest BCUT2D eigenvalue weighted by Gasteiger charge is -2.40. The minimum atomic E-state index is -0.489. The fourth-order valence-electron chi connectivity index (χ4n) is 2.74. The van der Waals surface area contributed by atoms with Crippen LogP contribution in [0.2, 0.25) is 0 Å². The van der Waals surface area contributed by atoms with Gasteiger partial charge in [-0.25, -0.2) is 4.79 Å². The highest BCUT2D eigenvalue weighted by Gasteiger charge is 2.35. The van der Waals surface area contributed by atoms with Crippen molar-refractivity contribution in [1.82, 2.24) is 4.90 Å². The van der Waals surface area contributed by atoms with E-state index < -0.39 is 11.1 Å². The van der Waals surface area contributed by atoms with Crippen LogP contribution in [0.25, 0.3) is 0 Å². The van der Waals surface area contributed by atoms with Crippen LogP contribution in [0.3, 0.4) is 0 Å². The van der Waals surface area contributed by atoms with Crippen molar-refractivity contribution in [3.05, 3.63) is 35.4 Å². The van der Waals surface area contributed by atoms with Gasteiger partial charge < -0.3 is 15.4 Å². The SMILES string of the molecule is CC(=O)c1ccc(C2(N)CCN(C(=O)OC(C)(C)C)CC2)cc1. The molecule has 0 atom stereocenters. The van der Waals surface area contributed by atoms with Crippen molar-refractivity contribution in [1.29, 1.82) is 0 Å². The van der Waals surface area contributed by atoms with E-state index in [4.69, 9.17) is 10.5 Å². The van der Waals surface area contributed by atoms with Crippen molar-refractivity contribution in [3.63, 3.8) is 0 Å². The maximum atomic E-state index is 12.1. The van der Waals surface area contributed by atoms with E-state index >= 15 is 0 Å². The van der Waals surface area contributed by atoms with Gasteiger partial charge in [0.15, 0.2) is 5.78 Å². The molecule has 5 nitrogen and oxygen atoms in total. The Labute approximate surface area is 137 Å². The fourth-order valence-corrected chi connectivity index (χ4v) is 2.74. The Morgan fingerprint density at radius 2 is 1.65 bits per heavy atom. The van der Waals surface area contributed by atoms with Crippen molar-refractivity contribution >= 4 is 11.9 Å². The number of ketones is 1. The number of hydrogen-bond donors (Lipinski definition) is 1. The van der Waals surface area contributed by atoms with Crippen molar-refractivity contribution in [3.8, 4) is 0 Å². The van der Waals surface area contributed by atoms with E-state index in [1.807, 2.05) is 45.0 Å². The van der Waals surface area contributed by atoms with Crippen molar-refractivity contribution in [2.24, 2.45) is 5.73 Å². The first-order valence-electron chi connectivity index (χ1n) is 7.99. The second kappa shape index (κ2) is 6.32. The zero-order valence-electron chi connectivity index (χ0n) is 14.4. The van der Waals surface area contributed by atoms with Crippen molar-refractivity contribution in [2.75, 3.05) is 13.1 Å². The Morgan fingerprint density at radius 1 is 1.13 bits per heavy atom. The number of carbonyl (C=O) groups is 2. The zero-order chi connectivity index (χ0) is 17.3. The first-order chi connectivity index (χ1) is 10.6. The van der Waals surface area contributed by atoms with Gasteiger partial charge in [0.1, 0.15) is 5.60 Å². The molecule has 0 saturated carbocycles. The molecule has 2 rings (SSSR count). The first kappa shape index (κ1) is 17.5. The van der Waals surface area contributed by atoms with E-state index in [-0.39, 0.29) is 11.9 Å². The molecular formula is C18H26N2O3. The molecule has 1 amide bonds. The van der Waals surface area contributed by atoms with Crippen LogP contribution in [0, 0.1) is 0 Å². The number of benzene rings is 1. The van der Waals surface area contributed by atoms with Crippen LogP contribution in [0.5, 0.6) is 0 Å². The van der Waals surface area contributed by atoms with Gasteiger partial charge in [0.05, 0.1) is 0 Å². The highest BCUT2D eigenvalue weighted by molar-refractivity contribution is 5.94. The summed E-state index contributed by atoms with van der Waals surface area (Å²) in [6.45, 7) is 8.27. The molecular weight excluding hydrogens is 292 g/mol. The second-order valence-corrected chi connectivity index (χ2v) is 7.26. The highest BCUT2D eigenvalue weighted by Crippen LogP contribution is 2.31. The average Bonchev–Trinajstić information content (AvgIpc) is 2.46. The van der Waals surface area contributed by atoms with Gasteiger partial charge in [-0.1, -0.05) is 24.3 Å². The molecule has 1 saturated heterocycles. The van der Waals surface area contributed by atoms with Gasteiger partial charge in [-0.15, -0.1) is 0 Å². The molecule has 0 unspecified atom stereocenters. The van der Waals surface area contributed by atoms with Crippen LogP contribution in [-0.4, -0.2) is 35.5 Å². The minimum absolute atomic E-state index is 0.0439. The average molecular weight is 318 g/mol. The lowest BCUT2D eigenvalue weighted by molar-refractivity contribution is 0.0166. The molecule has 5 heteroatoms. The van der Waals surface area contributed by atoms with E-state index in [0.717, 1.165) is 5.56 Å². The van der Waals surface area contributed by atoms with Gasteiger partial charge in [-0.2, -0.15) is 0 Å². The van der Waals surface area contributed by atoms with Crippen LogP contribution < -0.4 is 5.73 Å². The number of amides is 1. The van der Waals surface area contributed by atoms with E-state index in [1.54, 1.807) is 11.8 Å². The van der Waals surface area contributed by atoms with Gasteiger partial charge in [0.25, 0.3) is 0 Å². The van der Waals surface area contributed by atoms with Crippen molar-refractivity contribution in [2.45, 2.75) is 51.7 Å². The number of likely N-dealkylation sites (tertiary alicyclic amines) is 1. The Morgan fingerprint density at radius 3 is 2.09 bits per heavy atom. The summed E-state index contributed by atoms with van der Waals surface area (Å²) in [4.78, 5) is 25.2. The molecule has 0 bridgehead atoms. The number of Topliss-reactive ketones (excluding diaryl/α,β-unsaturated/α-hetero) is 1. The standard InChI is InChI=1S/C18H26N2O3/c1-13(21)14-5-7-15(8-6-14)18(19)9-11-20(12-10-18)16(22)23-17(2,3)4/h5-8H,9-12,19H2,1-4H3. The predicted octanol–water partition coefficient (Wildman–Crippen LogP) is 3.07. The third-order valence-electron chi connectivity index (χ3n) is 4.17. The Hall–Kier alpha value is -1.88. The lowest BCUT2D eigenvalue weighted by atomic mass is 9.81. The Balaban J connectivity index is 2.02. The van der Waals surface area contributed by atoms with Gasteiger partial charge in [-0.3, -0.25) is 4.79 Å².